The summed E-state index contributed by atoms with van der Waals surface area (Å²) in [7, 11) is 0. The molecule has 0 aliphatic carbocycles. The largest absolute Gasteiger partial charge is 0.462 e. The first-order chi connectivity index (χ1) is 9.56. The Bertz CT molecular complexity index is 435. The summed E-state index contributed by atoms with van der Waals surface area (Å²) in [6.07, 6.45) is -5.47. The maximum absolute atomic E-state index is 9.87. The fraction of sp³-hybridized carbons (Fsp3) is 0.571. The van der Waals surface area contributed by atoms with Crippen molar-refractivity contribution in [3.63, 3.8) is 0 Å². The molecular formula is C14H20O6. The lowest BCUT2D eigenvalue weighted by Crippen LogP contribution is -2.60. The SMILES string of the molecule is CCc1cccc(O[C@H]2O[C@@H](CO)[C@H](O)[C@@H](O)[C@@H]2O)c1. The molecule has 5 atom stereocenters. The van der Waals surface area contributed by atoms with Crippen LogP contribution in [-0.4, -0.2) is 57.7 Å². The fourth-order valence-corrected chi connectivity index (χ4v) is 2.14. The molecule has 2 rings (SSSR count). The summed E-state index contributed by atoms with van der Waals surface area (Å²) in [4.78, 5) is 0. The molecule has 1 aromatic carbocycles. The van der Waals surface area contributed by atoms with Crippen molar-refractivity contribution in [3.05, 3.63) is 29.8 Å². The number of aryl methyl sites for hydroxylation is 1. The molecule has 1 heterocycles. The molecule has 6 heteroatoms. The second-order valence-corrected chi connectivity index (χ2v) is 4.82. The van der Waals surface area contributed by atoms with E-state index in [-0.39, 0.29) is 0 Å². The van der Waals surface area contributed by atoms with Crippen LogP contribution in [0.3, 0.4) is 0 Å². The maximum Gasteiger partial charge on any atom is 0.229 e. The molecule has 20 heavy (non-hydrogen) atoms. The van der Waals surface area contributed by atoms with Crippen molar-refractivity contribution in [2.24, 2.45) is 0 Å². The van der Waals surface area contributed by atoms with Crippen LogP contribution >= 0.6 is 0 Å². The summed E-state index contributed by atoms with van der Waals surface area (Å²) in [5.74, 6) is 0.494. The number of hydrogen-bond acceptors (Lipinski definition) is 6. The van der Waals surface area contributed by atoms with Gasteiger partial charge in [0, 0.05) is 0 Å². The molecule has 1 aliphatic heterocycles. The van der Waals surface area contributed by atoms with Gasteiger partial charge in [-0.15, -0.1) is 0 Å². The summed E-state index contributed by atoms with van der Waals surface area (Å²) < 4.78 is 10.8. The van der Waals surface area contributed by atoms with E-state index in [2.05, 4.69) is 0 Å². The first kappa shape index (κ1) is 15.2. The molecule has 0 aromatic heterocycles. The summed E-state index contributed by atoms with van der Waals surface area (Å²) >= 11 is 0. The first-order valence-electron chi connectivity index (χ1n) is 6.63. The number of ether oxygens (including phenoxy) is 2. The third kappa shape index (κ3) is 3.11. The van der Waals surface area contributed by atoms with E-state index in [9.17, 15) is 15.3 Å². The van der Waals surface area contributed by atoms with Gasteiger partial charge in [-0.2, -0.15) is 0 Å². The smallest absolute Gasteiger partial charge is 0.229 e. The predicted octanol–water partition coefficient (Wildman–Crippen LogP) is -0.572. The minimum atomic E-state index is -1.43. The van der Waals surface area contributed by atoms with Gasteiger partial charge in [-0.05, 0) is 24.1 Å². The van der Waals surface area contributed by atoms with Crippen LogP contribution in [0.5, 0.6) is 5.75 Å². The molecular weight excluding hydrogens is 264 g/mol. The second-order valence-electron chi connectivity index (χ2n) is 4.82. The summed E-state index contributed by atoms with van der Waals surface area (Å²) in [6.45, 7) is 1.53. The van der Waals surface area contributed by atoms with Crippen molar-refractivity contribution in [1.82, 2.24) is 0 Å². The van der Waals surface area contributed by atoms with Gasteiger partial charge in [0.15, 0.2) is 0 Å². The Balaban J connectivity index is 2.10. The predicted molar refractivity (Wildman–Crippen MR) is 70.2 cm³/mol. The third-order valence-electron chi connectivity index (χ3n) is 3.41. The molecule has 0 unspecified atom stereocenters. The van der Waals surface area contributed by atoms with Gasteiger partial charge in [-0.25, -0.2) is 0 Å². The van der Waals surface area contributed by atoms with Gasteiger partial charge in [-0.3, -0.25) is 0 Å². The van der Waals surface area contributed by atoms with Gasteiger partial charge in [0.25, 0.3) is 0 Å². The van der Waals surface area contributed by atoms with Crippen molar-refractivity contribution in [2.75, 3.05) is 6.61 Å². The summed E-state index contributed by atoms with van der Waals surface area (Å²) in [5.41, 5.74) is 1.06. The van der Waals surface area contributed by atoms with E-state index >= 15 is 0 Å². The quantitative estimate of drug-likeness (QED) is 0.591. The third-order valence-corrected chi connectivity index (χ3v) is 3.41. The molecule has 1 aromatic rings. The van der Waals surface area contributed by atoms with Crippen LogP contribution in [0.25, 0.3) is 0 Å². The molecule has 1 fully saturated rings. The van der Waals surface area contributed by atoms with Crippen molar-refractivity contribution in [2.45, 2.75) is 44.1 Å². The lowest BCUT2D eigenvalue weighted by Gasteiger charge is -2.39. The number of aliphatic hydroxyl groups excluding tert-OH is 4. The maximum atomic E-state index is 9.87. The fourth-order valence-electron chi connectivity index (χ4n) is 2.14. The van der Waals surface area contributed by atoms with Gasteiger partial charge >= 0.3 is 0 Å². The zero-order valence-electron chi connectivity index (χ0n) is 11.2. The lowest BCUT2D eigenvalue weighted by atomic mass is 9.99. The van der Waals surface area contributed by atoms with E-state index in [4.69, 9.17) is 14.6 Å². The van der Waals surface area contributed by atoms with Crippen LogP contribution < -0.4 is 4.74 Å². The Kier molecular flexibility index (Phi) is 4.95. The molecule has 1 saturated heterocycles. The second kappa shape index (κ2) is 6.51. The normalized spacial score (nSPS) is 34.0. The Morgan fingerprint density at radius 1 is 1.15 bits per heavy atom. The highest BCUT2D eigenvalue weighted by Gasteiger charge is 2.44. The molecule has 0 saturated carbocycles. The standard InChI is InChI=1S/C14H20O6/c1-2-8-4-3-5-9(6-8)19-14-13(18)12(17)11(16)10(7-15)20-14/h3-6,10-18H,2,7H2,1H3/t10-,11-,12+,13-,14-/m0/s1. The average Bonchev–Trinajstić information content (AvgIpc) is 2.48. The van der Waals surface area contributed by atoms with Crippen LogP contribution in [0.1, 0.15) is 12.5 Å². The molecule has 0 radical (unpaired) electrons. The van der Waals surface area contributed by atoms with E-state index in [0.29, 0.717) is 5.75 Å². The molecule has 0 bridgehead atoms. The Morgan fingerprint density at radius 2 is 1.90 bits per heavy atom. The molecule has 6 nitrogen and oxygen atoms in total. The number of hydrogen-bond donors (Lipinski definition) is 4. The Morgan fingerprint density at radius 3 is 2.55 bits per heavy atom. The zero-order chi connectivity index (χ0) is 14.7. The Labute approximate surface area is 117 Å². The van der Waals surface area contributed by atoms with Crippen LogP contribution in [0.2, 0.25) is 0 Å². The van der Waals surface area contributed by atoms with Crippen molar-refractivity contribution >= 4 is 0 Å². The number of rotatable bonds is 4. The highest BCUT2D eigenvalue weighted by atomic mass is 16.7. The Hall–Kier alpha value is -1.18. The highest BCUT2D eigenvalue weighted by Crippen LogP contribution is 2.24. The van der Waals surface area contributed by atoms with Crippen molar-refractivity contribution in [3.8, 4) is 5.75 Å². The van der Waals surface area contributed by atoms with Crippen molar-refractivity contribution in [1.29, 1.82) is 0 Å². The average molecular weight is 284 g/mol. The monoisotopic (exact) mass is 284 g/mol. The number of aliphatic hydroxyl groups is 4. The highest BCUT2D eigenvalue weighted by molar-refractivity contribution is 5.28. The van der Waals surface area contributed by atoms with Gasteiger partial charge in [0.2, 0.25) is 6.29 Å². The molecule has 0 spiro atoms. The van der Waals surface area contributed by atoms with E-state index in [0.717, 1.165) is 12.0 Å². The van der Waals surface area contributed by atoms with Crippen LogP contribution in [-0.2, 0) is 11.2 Å². The topological polar surface area (TPSA) is 99.4 Å². The lowest BCUT2D eigenvalue weighted by molar-refractivity contribution is -0.277. The van der Waals surface area contributed by atoms with Crippen LogP contribution in [0.15, 0.2) is 24.3 Å². The van der Waals surface area contributed by atoms with E-state index in [1.807, 2.05) is 19.1 Å². The van der Waals surface area contributed by atoms with Gasteiger partial charge in [0.1, 0.15) is 30.2 Å². The van der Waals surface area contributed by atoms with Gasteiger partial charge in [-0.1, -0.05) is 19.1 Å². The number of benzene rings is 1. The molecule has 1 aliphatic rings. The van der Waals surface area contributed by atoms with E-state index in [1.54, 1.807) is 12.1 Å². The van der Waals surface area contributed by atoms with E-state index in [1.165, 1.54) is 0 Å². The molecule has 0 amide bonds. The minimum Gasteiger partial charge on any atom is -0.462 e. The van der Waals surface area contributed by atoms with E-state index < -0.39 is 37.3 Å². The van der Waals surface area contributed by atoms with Crippen molar-refractivity contribution < 1.29 is 29.9 Å². The molecule has 112 valence electrons. The summed E-state index contributed by atoms with van der Waals surface area (Å²) in [6, 6.07) is 7.28. The molecule has 4 N–H and O–H groups in total. The first-order valence-corrected chi connectivity index (χ1v) is 6.63. The summed E-state index contributed by atoms with van der Waals surface area (Å²) in [5, 5.41) is 38.3. The minimum absolute atomic E-state index is 0.472. The van der Waals surface area contributed by atoms with Gasteiger partial charge < -0.3 is 29.9 Å². The zero-order valence-corrected chi connectivity index (χ0v) is 11.2. The van der Waals surface area contributed by atoms with Crippen LogP contribution in [0.4, 0.5) is 0 Å². The van der Waals surface area contributed by atoms with Crippen LogP contribution in [0, 0.1) is 0 Å². The van der Waals surface area contributed by atoms with Gasteiger partial charge in [0.05, 0.1) is 6.61 Å².